The van der Waals surface area contributed by atoms with Crippen molar-refractivity contribution in [1.82, 2.24) is 9.13 Å². The fourth-order valence-electron chi connectivity index (χ4n) is 6.39. The highest BCUT2D eigenvalue weighted by atomic mass is 15.0. The molecule has 0 N–H and O–H groups in total. The van der Waals surface area contributed by atoms with Crippen LogP contribution in [0.4, 0.5) is 0 Å². The average Bonchev–Trinajstić information content (AvgIpc) is 3.56. The molecule has 0 fully saturated rings. The summed E-state index contributed by atoms with van der Waals surface area (Å²) in [5.41, 5.74) is 9.68. The summed E-state index contributed by atoms with van der Waals surface area (Å²) in [6.45, 7) is 0. The topological polar surface area (TPSA) is 57.4 Å². The number of hydrogen-bond acceptors (Lipinski definition) is 2. The normalized spacial score (nSPS) is 11.3. The first-order valence-corrected chi connectivity index (χ1v) is 13.8. The summed E-state index contributed by atoms with van der Waals surface area (Å²) in [6.07, 6.45) is 0. The fourth-order valence-corrected chi connectivity index (χ4v) is 6.39. The molecule has 0 unspecified atom stereocenters. The van der Waals surface area contributed by atoms with Crippen LogP contribution in [0.2, 0.25) is 0 Å². The van der Waals surface area contributed by atoms with Gasteiger partial charge in [0, 0.05) is 38.4 Å². The van der Waals surface area contributed by atoms with Crippen LogP contribution in [0, 0.1) is 22.7 Å². The molecule has 2 aromatic heterocycles. The van der Waals surface area contributed by atoms with Crippen molar-refractivity contribution in [1.29, 1.82) is 10.5 Å². The Morgan fingerprint density at radius 1 is 0.429 bits per heavy atom. The molecule has 0 radical (unpaired) electrons. The molecule has 0 aliphatic carbocycles. The number of benzene rings is 6. The van der Waals surface area contributed by atoms with Crippen LogP contribution in [-0.4, -0.2) is 9.13 Å². The van der Waals surface area contributed by atoms with Crippen molar-refractivity contribution in [3.05, 3.63) is 145 Å². The van der Waals surface area contributed by atoms with Crippen molar-refractivity contribution in [2.45, 2.75) is 0 Å². The Balaban J connectivity index is 1.43. The number of aromatic nitrogens is 2. The Kier molecular flexibility index (Phi) is 5.22. The van der Waals surface area contributed by atoms with Crippen LogP contribution in [0.1, 0.15) is 11.1 Å². The number of nitriles is 2. The molecule has 0 bridgehead atoms. The minimum atomic E-state index is 0.652. The van der Waals surface area contributed by atoms with Gasteiger partial charge in [-0.3, -0.25) is 0 Å². The molecule has 0 spiro atoms. The molecule has 0 aliphatic rings. The maximum atomic E-state index is 9.87. The Bertz CT molecular complexity index is 2440. The molecule has 2 heterocycles. The van der Waals surface area contributed by atoms with Crippen LogP contribution in [0.15, 0.2) is 133 Å². The van der Waals surface area contributed by atoms with Crippen LogP contribution in [0.5, 0.6) is 0 Å². The van der Waals surface area contributed by atoms with E-state index >= 15 is 0 Å². The molecule has 0 saturated carbocycles. The quantitative estimate of drug-likeness (QED) is 0.227. The molecule has 0 saturated heterocycles. The van der Waals surface area contributed by atoms with Crippen LogP contribution in [0.25, 0.3) is 66.1 Å². The average molecular weight is 535 g/mol. The third kappa shape index (κ3) is 3.40. The van der Waals surface area contributed by atoms with Crippen LogP contribution in [-0.2, 0) is 0 Å². The zero-order valence-corrected chi connectivity index (χ0v) is 22.5. The van der Waals surface area contributed by atoms with Gasteiger partial charge in [0.05, 0.1) is 51.0 Å². The summed E-state index contributed by atoms with van der Waals surface area (Å²) in [7, 11) is 0. The Morgan fingerprint density at radius 3 is 1.76 bits per heavy atom. The lowest BCUT2D eigenvalue weighted by molar-refractivity contribution is 1.17. The Morgan fingerprint density at radius 2 is 1.00 bits per heavy atom. The predicted molar refractivity (Wildman–Crippen MR) is 170 cm³/mol. The fraction of sp³-hybridized carbons (Fsp3) is 0. The summed E-state index contributed by atoms with van der Waals surface area (Å²) < 4.78 is 4.59. The van der Waals surface area contributed by atoms with E-state index in [4.69, 9.17) is 0 Å². The number of fused-ring (bicyclic) bond motifs is 6. The number of rotatable bonds is 3. The highest BCUT2D eigenvalue weighted by molar-refractivity contribution is 6.12. The van der Waals surface area contributed by atoms with Crippen molar-refractivity contribution < 1.29 is 0 Å². The summed E-state index contributed by atoms with van der Waals surface area (Å²) in [5.74, 6) is 0. The van der Waals surface area contributed by atoms with Gasteiger partial charge in [0.2, 0.25) is 0 Å². The summed E-state index contributed by atoms with van der Waals surface area (Å²) in [5, 5.41) is 23.9. The number of nitrogens with zero attached hydrogens (tertiary/aromatic N) is 4. The number of hydrogen-bond donors (Lipinski definition) is 0. The smallest absolute Gasteiger partial charge is 0.0998 e. The lowest BCUT2D eigenvalue weighted by atomic mass is 9.98. The SMILES string of the molecule is N#Cc1ccc2c(c1)c1ccccc1n2-c1ccc2c(c1)c1ccccc1n2-c1ccccc1-c1ccccc1C#N. The van der Waals surface area contributed by atoms with E-state index in [1.54, 1.807) is 0 Å². The molecule has 6 aromatic carbocycles. The van der Waals surface area contributed by atoms with E-state index in [2.05, 4.69) is 100 Å². The molecule has 8 aromatic rings. The maximum absolute atomic E-state index is 9.87. The molecule has 0 amide bonds. The van der Waals surface area contributed by atoms with Crippen molar-refractivity contribution >= 4 is 43.6 Å². The molecule has 4 heteroatoms. The Labute approximate surface area is 242 Å². The zero-order chi connectivity index (χ0) is 28.2. The minimum Gasteiger partial charge on any atom is -0.309 e. The lowest BCUT2D eigenvalue weighted by Gasteiger charge is -2.15. The highest BCUT2D eigenvalue weighted by Gasteiger charge is 2.19. The third-order valence-electron chi connectivity index (χ3n) is 8.20. The van der Waals surface area contributed by atoms with Gasteiger partial charge in [-0.2, -0.15) is 10.5 Å². The number of para-hydroxylation sites is 3. The van der Waals surface area contributed by atoms with Crippen LogP contribution in [0.3, 0.4) is 0 Å². The van der Waals surface area contributed by atoms with E-state index < -0.39 is 0 Å². The summed E-state index contributed by atoms with van der Waals surface area (Å²) in [4.78, 5) is 0. The largest absolute Gasteiger partial charge is 0.309 e. The molecule has 0 aliphatic heterocycles. The third-order valence-corrected chi connectivity index (χ3v) is 8.20. The zero-order valence-electron chi connectivity index (χ0n) is 22.5. The molecule has 0 atom stereocenters. The molecule has 8 rings (SSSR count). The highest BCUT2D eigenvalue weighted by Crippen LogP contribution is 2.39. The summed E-state index contributed by atoms with van der Waals surface area (Å²) in [6, 6.07) is 50.1. The van der Waals surface area contributed by atoms with E-state index in [1.807, 2.05) is 54.6 Å². The summed E-state index contributed by atoms with van der Waals surface area (Å²) >= 11 is 0. The van der Waals surface area contributed by atoms with Crippen LogP contribution >= 0.6 is 0 Å². The van der Waals surface area contributed by atoms with E-state index in [9.17, 15) is 10.5 Å². The first kappa shape index (κ1) is 23.8. The first-order valence-electron chi connectivity index (χ1n) is 13.8. The van der Waals surface area contributed by atoms with Gasteiger partial charge in [-0.05, 0) is 60.7 Å². The van der Waals surface area contributed by atoms with E-state index in [0.717, 1.165) is 66.1 Å². The molecular formula is C38H22N4. The standard InChI is InChI=1S/C38H22N4/c39-23-25-17-19-37-32(21-25)30-12-4-6-14-34(30)41(37)27-18-20-38-33(22-27)31-13-5-8-16-36(31)42(38)35-15-7-3-11-29(35)28-10-2-1-9-26(28)24-40/h1-22H. The van der Waals surface area contributed by atoms with Gasteiger partial charge >= 0.3 is 0 Å². The molecular weight excluding hydrogens is 512 g/mol. The van der Waals surface area contributed by atoms with E-state index in [0.29, 0.717) is 11.1 Å². The van der Waals surface area contributed by atoms with Gasteiger partial charge in [0.15, 0.2) is 0 Å². The van der Waals surface area contributed by atoms with Gasteiger partial charge in [0.1, 0.15) is 0 Å². The van der Waals surface area contributed by atoms with Gasteiger partial charge in [-0.1, -0.05) is 72.8 Å². The van der Waals surface area contributed by atoms with Crippen molar-refractivity contribution in [3.8, 4) is 34.6 Å². The monoisotopic (exact) mass is 534 g/mol. The van der Waals surface area contributed by atoms with Gasteiger partial charge in [0.25, 0.3) is 0 Å². The molecule has 194 valence electrons. The Hall–Kier alpha value is -6.10. The second kappa shape index (κ2) is 9.24. The predicted octanol–water partition coefficient (Wildman–Crippen LogP) is 9.29. The van der Waals surface area contributed by atoms with Crippen LogP contribution < -0.4 is 0 Å². The lowest BCUT2D eigenvalue weighted by Crippen LogP contribution is -1.98. The first-order chi connectivity index (χ1) is 20.8. The van der Waals surface area contributed by atoms with Gasteiger partial charge in [-0.15, -0.1) is 0 Å². The van der Waals surface area contributed by atoms with Crippen molar-refractivity contribution in [2.75, 3.05) is 0 Å². The van der Waals surface area contributed by atoms with Crippen molar-refractivity contribution in [3.63, 3.8) is 0 Å². The van der Waals surface area contributed by atoms with Gasteiger partial charge < -0.3 is 9.13 Å². The van der Waals surface area contributed by atoms with Crippen molar-refractivity contribution in [2.24, 2.45) is 0 Å². The van der Waals surface area contributed by atoms with E-state index in [-0.39, 0.29) is 0 Å². The molecule has 4 nitrogen and oxygen atoms in total. The van der Waals surface area contributed by atoms with Gasteiger partial charge in [-0.25, -0.2) is 0 Å². The van der Waals surface area contributed by atoms with E-state index in [1.165, 1.54) is 0 Å². The minimum absolute atomic E-state index is 0.652. The molecule has 42 heavy (non-hydrogen) atoms. The maximum Gasteiger partial charge on any atom is 0.0998 e. The second-order valence-electron chi connectivity index (χ2n) is 10.4. The second-order valence-corrected chi connectivity index (χ2v) is 10.4.